The fourth-order valence-corrected chi connectivity index (χ4v) is 2.69. The number of ether oxygens (including phenoxy) is 1. The molecule has 0 bridgehead atoms. The number of carbonyl (C=O) groups excluding carboxylic acids is 2. The minimum absolute atomic E-state index is 0.131. The summed E-state index contributed by atoms with van der Waals surface area (Å²) in [6, 6.07) is 7.87. The molecule has 2 aromatic rings. The number of fused-ring (bicyclic) bond motifs is 1. The van der Waals surface area contributed by atoms with E-state index in [2.05, 4.69) is 16.7 Å². The first kappa shape index (κ1) is 21.3. The van der Waals surface area contributed by atoms with E-state index in [-0.39, 0.29) is 11.8 Å². The number of amides is 2. The molecule has 0 fully saturated rings. The Labute approximate surface area is 165 Å². The average Bonchev–Trinajstić information content (AvgIpc) is 3.00. The van der Waals surface area contributed by atoms with Gasteiger partial charge >= 0.3 is 6.09 Å². The summed E-state index contributed by atoms with van der Waals surface area (Å²) in [5, 5.41) is 15.3. The van der Waals surface area contributed by atoms with E-state index in [4.69, 9.17) is 14.4 Å². The highest BCUT2D eigenvalue weighted by molar-refractivity contribution is 5.86. The first-order valence-corrected chi connectivity index (χ1v) is 9.23. The van der Waals surface area contributed by atoms with Crippen molar-refractivity contribution in [2.45, 2.75) is 59.2 Å². The summed E-state index contributed by atoms with van der Waals surface area (Å²) >= 11 is 0. The van der Waals surface area contributed by atoms with Gasteiger partial charge in [-0.15, -0.1) is 0 Å². The third-order valence-corrected chi connectivity index (χ3v) is 4.07. The van der Waals surface area contributed by atoms with Gasteiger partial charge in [0.15, 0.2) is 0 Å². The van der Waals surface area contributed by atoms with Crippen LogP contribution in [0.15, 0.2) is 28.7 Å². The Morgan fingerprint density at radius 2 is 1.82 bits per heavy atom. The standard InChI is InChI=1S/C21H27N3O4/c1-12(2)18(24-20(26)28-21(4,5)6)19(25)23-13(3)17-10-15-9-14(11-22)7-8-16(15)27-17/h7-10,12-13,18H,1-6H3,(H,23,25)(H,24,26)/t13?,18-/m0/s1. The third kappa shape index (κ3) is 5.49. The number of rotatable bonds is 5. The van der Waals surface area contributed by atoms with Crippen LogP contribution in [-0.2, 0) is 9.53 Å². The van der Waals surface area contributed by atoms with Crippen LogP contribution in [0, 0.1) is 17.2 Å². The molecule has 7 nitrogen and oxygen atoms in total. The van der Waals surface area contributed by atoms with Gasteiger partial charge in [-0.2, -0.15) is 5.26 Å². The maximum absolute atomic E-state index is 12.7. The minimum Gasteiger partial charge on any atom is -0.459 e. The third-order valence-electron chi connectivity index (χ3n) is 4.07. The lowest BCUT2D eigenvalue weighted by molar-refractivity contribution is -0.125. The van der Waals surface area contributed by atoms with Crippen molar-refractivity contribution in [3.63, 3.8) is 0 Å². The number of nitrogens with zero attached hydrogens (tertiary/aromatic N) is 1. The summed E-state index contributed by atoms with van der Waals surface area (Å²) in [7, 11) is 0. The number of furan rings is 1. The summed E-state index contributed by atoms with van der Waals surface area (Å²) < 4.78 is 11.0. The van der Waals surface area contributed by atoms with Gasteiger partial charge in [0, 0.05) is 5.39 Å². The molecule has 28 heavy (non-hydrogen) atoms. The van der Waals surface area contributed by atoms with Crippen LogP contribution in [-0.4, -0.2) is 23.6 Å². The van der Waals surface area contributed by atoms with E-state index in [1.54, 1.807) is 52.0 Å². The van der Waals surface area contributed by atoms with E-state index in [0.29, 0.717) is 16.9 Å². The molecule has 0 aliphatic rings. The lowest BCUT2D eigenvalue weighted by Gasteiger charge is -2.26. The van der Waals surface area contributed by atoms with Crippen LogP contribution in [0.1, 0.15) is 58.9 Å². The predicted molar refractivity (Wildman–Crippen MR) is 105 cm³/mol. The lowest BCUT2D eigenvalue weighted by atomic mass is 10.0. The van der Waals surface area contributed by atoms with E-state index in [1.807, 2.05) is 13.8 Å². The number of nitriles is 1. The summed E-state index contributed by atoms with van der Waals surface area (Å²) in [6.45, 7) is 10.8. The van der Waals surface area contributed by atoms with Crippen molar-refractivity contribution in [3.05, 3.63) is 35.6 Å². The quantitative estimate of drug-likeness (QED) is 0.808. The molecule has 0 spiro atoms. The van der Waals surface area contributed by atoms with Gasteiger partial charge < -0.3 is 19.8 Å². The molecule has 0 aliphatic heterocycles. The summed E-state index contributed by atoms with van der Waals surface area (Å²) in [6.07, 6.45) is -0.637. The highest BCUT2D eigenvalue weighted by Gasteiger charge is 2.28. The van der Waals surface area contributed by atoms with Crippen molar-refractivity contribution in [1.29, 1.82) is 5.26 Å². The first-order valence-electron chi connectivity index (χ1n) is 9.23. The topological polar surface area (TPSA) is 104 Å². The van der Waals surface area contributed by atoms with Gasteiger partial charge in [0.05, 0.1) is 17.7 Å². The Hall–Kier alpha value is -3.01. The molecular weight excluding hydrogens is 358 g/mol. The van der Waals surface area contributed by atoms with Crippen molar-refractivity contribution in [2.75, 3.05) is 0 Å². The smallest absolute Gasteiger partial charge is 0.408 e. The van der Waals surface area contributed by atoms with E-state index < -0.39 is 23.8 Å². The van der Waals surface area contributed by atoms with Gasteiger partial charge in [0.1, 0.15) is 23.0 Å². The number of nitrogens with one attached hydrogen (secondary N) is 2. The fraction of sp³-hybridized carbons (Fsp3) is 0.476. The number of benzene rings is 1. The molecule has 2 N–H and O–H groups in total. The molecule has 0 radical (unpaired) electrons. The van der Waals surface area contributed by atoms with Gasteiger partial charge in [-0.3, -0.25) is 4.79 Å². The number of carbonyl (C=O) groups is 2. The van der Waals surface area contributed by atoms with Gasteiger partial charge in [-0.05, 0) is 57.9 Å². The second kappa shape index (κ2) is 8.34. The van der Waals surface area contributed by atoms with Crippen molar-refractivity contribution in [3.8, 4) is 6.07 Å². The lowest BCUT2D eigenvalue weighted by Crippen LogP contribution is -2.51. The number of hydrogen-bond acceptors (Lipinski definition) is 5. The Bertz CT molecular complexity index is 902. The van der Waals surface area contributed by atoms with Crippen LogP contribution in [0.2, 0.25) is 0 Å². The van der Waals surface area contributed by atoms with Crippen LogP contribution in [0.5, 0.6) is 0 Å². The van der Waals surface area contributed by atoms with Crippen LogP contribution in [0.4, 0.5) is 4.79 Å². The molecule has 0 saturated heterocycles. The van der Waals surface area contributed by atoms with Gasteiger partial charge in [-0.1, -0.05) is 13.8 Å². The molecule has 1 aromatic carbocycles. The summed E-state index contributed by atoms with van der Waals surface area (Å²) in [5.74, 6) is 0.110. The van der Waals surface area contributed by atoms with Crippen molar-refractivity contribution in [2.24, 2.45) is 5.92 Å². The van der Waals surface area contributed by atoms with E-state index >= 15 is 0 Å². The molecule has 2 atom stereocenters. The largest absolute Gasteiger partial charge is 0.459 e. The molecule has 1 aromatic heterocycles. The van der Waals surface area contributed by atoms with Gasteiger partial charge in [0.2, 0.25) is 5.91 Å². The number of hydrogen-bond donors (Lipinski definition) is 2. The molecule has 150 valence electrons. The molecule has 1 heterocycles. The highest BCUT2D eigenvalue weighted by atomic mass is 16.6. The Morgan fingerprint density at radius 1 is 1.14 bits per heavy atom. The maximum atomic E-state index is 12.7. The Morgan fingerprint density at radius 3 is 2.39 bits per heavy atom. The molecule has 0 aliphatic carbocycles. The molecule has 2 rings (SSSR count). The molecular formula is C21H27N3O4. The maximum Gasteiger partial charge on any atom is 0.408 e. The normalized spacial score (nSPS) is 13.6. The average molecular weight is 385 g/mol. The Balaban J connectivity index is 2.10. The second-order valence-corrected chi connectivity index (χ2v) is 8.11. The number of alkyl carbamates (subject to hydrolysis) is 1. The van der Waals surface area contributed by atoms with Gasteiger partial charge in [0.25, 0.3) is 0 Å². The SMILES string of the molecule is CC(NC(=O)[C@@H](NC(=O)OC(C)(C)C)C(C)C)c1cc2cc(C#N)ccc2o1. The molecule has 1 unspecified atom stereocenters. The summed E-state index contributed by atoms with van der Waals surface area (Å²) in [5.41, 5.74) is 0.534. The van der Waals surface area contributed by atoms with Gasteiger partial charge in [-0.25, -0.2) is 4.79 Å². The van der Waals surface area contributed by atoms with Crippen molar-refractivity contribution < 1.29 is 18.7 Å². The minimum atomic E-state index is -0.744. The fourth-order valence-electron chi connectivity index (χ4n) is 2.69. The predicted octanol–water partition coefficient (Wildman–Crippen LogP) is 4.03. The van der Waals surface area contributed by atoms with Crippen molar-refractivity contribution >= 4 is 23.0 Å². The first-order chi connectivity index (χ1) is 13.0. The van der Waals surface area contributed by atoms with Crippen molar-refractivity contribution in [1.82, 2.24) is 10.6 Å². The molecule has 7 heteroatoms. The summed E-state index contributed by atoms with van der Waals surface area (Å²) in [4.78, 5) is 24.8. The second-order valence-electron chi connectivity index (χ2n) is 8.11. The highest BCUT2D eigenvalue weighted by Crippen LogP contribution is 2.25. The van der Waals surface area contributed by atoms with Crippen LogP contribution < -0.4 is 10.6 Å². The van der Waals surface area contributed by atoms with E-state index in [0.717, 1.165) is 5.39 Å². The van der Waals surface area contributed by atoms with E-state index in [9.17, 15) is 9.59 Å². The van der Waals surface area contributed by atoms with E-state index in [1.165, 1.54) is 0 Å². The van der Waals surface area contributed by atoms with Crippen LogP contribution in [0.25, 0.3) is 11.0 Å². The van der Waals surface area contributed by atoms with Crippen LogP contribution >= 0.6 is 0 Å². The molecule has 2 amide bonds. The zero-order chi connectivity index (χ0) is 21.1. The zero-order valence-corrected chi connectivity index (χ0v) is 17.1. The Kier molecular flexibility index (Phi) is 6.34. The molecule has 0 saturated carbocycles. The monoisotopic (exact) mass is 385 g/mol. The van der Waals surface area contributed by atoms with Crippen LogP contribution in [0.3, 0.4) is 0 Å². The zero-order valence-electron chi connectivity index (χ0n) is 17.1.